The number of benzene rings is 2. The van der Waals surface area contributed by atoms with Crippen LogP contribution in [-0.2, 0) is 27.5 Å². The second-order valence-corrected chi connectivity index (χ2v) is 7.97. The summed E-state index contributed by atoms with van der Waals surface area (Å²) < 4.78 is 43.3. The first-order valence-electron chi connectivity index (χ1n) is 9.71. The Morgan fingerprint density at radius 3 is 2.30 bits per heavy atom. The molecule has 2 N–H and O–H groups in total. The molecule has 0 radical (unpaired) electrons. The van der Waals surface area contributed by atoms with Gasteiger partial charge in [-0.15, -0.1) is 0 Å². The van der Waals surface area contributed by atoms with Gasteiger partial charge >= 0.3 is 12.1 Å². The maximum atomic E-state index is 12.8. The van der Waals surface area contributed by atoms with E-state index in [0.717, 1.165) is 23.3 Å². The Balaban J connectivity index is 1.93. The van der Waals surface area contributed by atoms with Gasteiger partial charge < -0.3 is 15.2 Å². The van der Waals surface area contributed by atoms with Crippen molar-refractivity contribution < 1.29 is 27.8 Å². The zero-order valence-corrected chi connectivity index (χ0v) is 17.6. The highest BCUT2D eigenvalue weighted by Crippen LogP contribution is 2.30. The summed E-state index contributed by atoms with van der Waals surface area (Å²) in [5, 5.41) is 13.4. The van der Waals surface area contributed by atoms with E-state index in [0.29, 0.717) is 6.42 Å². The maximum absolute atomic E-state index is 12.8. The molecular formula is C23H28F3NO3. The predicted octanol–water partition coefficient (Wildman–Crippen LogP) is 4.41. The number of ether oxygens (including phenoxy) is 1. The van der Waals surface area contributed by atoms with Crippen LogP contribution >= 0.6 is 0 Å². The molecule has 164 valence electrons. The summed E-state index contributed by atoms with van der Waals surface area (Å²) in [7, 11) is 1.36. The van der Waals surface area contributed by atoms with E-state index in [1.54, 1.807) is 13.8 Å². The fourth-order valence-electron chi connectivity index (χ4n) is 3.21. The number of methoxy groups -OCH3 is 1. The molecule has 0 spiro atoms. The summed E-state index contributed by atoms with van der Waals surface area (Å²) in [6, 6.07) is 12.4. The summed E-state index contributed by atoms with van der Waals surface area (Å²) >= 11 is 0. The third-order valence-electron chi connectivity index (χ3n) is 5.17. The van der Waals surface area contributed by atoms with Gasteiger partial charge in [-0.05, 0) is 56.0 Å². The van der Waals surface area contributed by atoms with E-state index >= 15 is 0 Å². The summed E-state index contributed by atoms with van der Waals surface area (Å²) in [5.41, 5.74) is 0.583. The molecule has 2 aromatic rings. The van der Waals surface area contributed by atoms with E-state index in [9.17, 15) is 23.1 Å². The van der Waals surface area contributed by atoms with Gasteiger partial charge in [0.2, 0.25) is 0 Å². The van der Waals surface area contributed by atoms with Crippen LogP contribution in [0.3, 0.4) is 0 Å². The van der Waals surface area contributed by atoms with Crippen molar-refractivity contribution in [2.45, 2.75) is 50.9 Å². The molecule has 0 saturated heterocycles. The van der Waals surface area contributed by atoms with Crippen LogP contribution in [0.25, 0.3) is 0 Å². The fourth-order valence-corrected chi connectivity index (χ4v) is 3.21. The minimum Gasteiger partial charge on any atom is -0.468 e. The smallest absolute Gasteiger partial charge is 0.416 e. The summed E-state index contributed by atoms with van der Waals surface area (Å²) in [5.74, 6) is -0.311. The quantitative estimate of drug-likeness (QED) is 0.618. The highest BCUT2D eigenvalue weighted by Gasteiger charge is 2.31. The van der Waals surface area contributed by atoms with Gasteiger partial charge in [0, 0.05) is 12.6 Å². The number of aliphatic hydroxyl groups excluding tert-OH is 1. The van der Waals surface area contributed by atoms with Crippen LogP contribution in [-0.4, -0.2) is 30.8 Å². The molecule has 4 nitrogen and oxygen atoms in total. The van der Waals surface area contributed by atoms with Gasteiger partial charge in [0.1, 0.15) is 0 Å². The Labute approximate surface area is 175 Å². The number of carbonyl (C=O) groups excluding carboxylic acids is 1. The van der Waals surface area contributed by atoms with E-state index in [1.165, 1.54) is 19.2 Å². The van der Waals surface area contributed by atoms with Crippen LogP contribution in [0.4, 0.5) is 13.2 Å². The van der Waals surface area contributed by atoms with Crippen molar-refractivity contribution >= 4 is 5.97 Å². The minimum absolute atomic E-state index is 0.00934. The van der Waals surface area contributed by atoms with Gasteiger partial charge in [0.05, 0.1) is 24.2 Å². The lowest BCUT2D eigenvalue weighted by molar-refractivity contribution is -0.146. The van der Waals surface area contributed by atoms with E-state index in [4.69, 9.17) is 4.74 Å². The van der Waals surface area contributed by atoms with Crippen molar-refractivity contribution in [2.24, 2.45) is 0 Å². The van der Waals surface area contributed by atoms with Crippen LogP contribution in [0.5, 0.6) is 0 Å². The van der Waals surface area contributed by atoms with Crippen LogP contribution in [0.15, 0.2) is 48.5 Å². The van der Waals surface area contributed by atoms with Gasteiger partial charge in [0.25, 0.3) is 0 Å². The zero-order valence-electron chi connectivity index (χ0n) is 17.6. The molecule has 0 fully saturated rings. The van der Waals surface area contributed by atoms with Crippen LogP contribution in [0.2, 0.25) is 0 Å². The van der Waals surface area contributed by atoms with Crippen molar-refractivity contribution in [2.75, 3.05) is 13.7 Å². The first-order chi connectivity index (χ1) is 13.9. The molecule has 2 unspecified atom stereocenters. The van der Waals surface area contributed by atoms with Crippen molar-refractivity contribution in [3.8, 4) is 0 Å². The number of aliphatic hydroxyl groups is 1. The van der Waals surface area contributed by atoms with Gasteiger partial charge in [-0.3, -0.25) is 4.79 Å². The lowest BCUT2D eigenvalue weighted by Gasteiger charge is -2.22. The minimum atomic E-state index is -4.44. The standard InChI is InChI=1S/C23H28F3NO3/c1-15(12-16-8-10-18(11-9-16)22(2,3)21(29)30-4)27-14-20(28)17-6-5-7-19(13-17)23(24,25)26/h5-11,13,15,20,27-28H,12,14H2,1-4H3. The average Bonchev–Trinajstić information content (AvgIpc) is 2.71. The van der Waals surface area contributed by atoms with E-state index in [1.807, 2.05) is 31.2 Å². The molecule has 0 saturated carbocycles. The van der Waals surface area contributed by atoms with Gasteiger partial charge in [-0.2, -0.15) is 13.2 Å². The molecule has 0 aliphatic heterocycles. The molecule has 0 heterocycles. The van der Waals surface area contributed by atoms with Crippen LogP contribution in [0.1, 0.15) is 49.1 Å². The SMILES string of the molecule is COC(=O)C(C)(C)c1ccc(CC(C)NCC(O)c2cccc(C(F)(F)F)c2)cc1. The van der Waals surface area contributed by atoms with Crippen LogP contribution < -0.4 is 5.32 Å². The predicted molar refractivity (Wildman–Crippen MR) is 109 cm³/mol. The number of hydrogen-bond acceptors (Lipinski definition) is 4. The topological polar surface area (TPSA) is 58.6 Å². The highest BCUT2D eigenvalue weighted by molar-refractivity contribution is 5.82. The molecule has 0 amide bonds. The average molecular weight is 423 g/mol. The number of esters is 1. The lowest BCUT2D eigenvalue weighted by Crippen LogP contribution is -2.32. The van der Waals surface area contributed by atoms with Gasteiger partial charge in [-0.25, -0.2) is 0 Å². The number of rotatable bonds is 8. The Kier molecular flexibility index (Phi) is 7.66. The third-order valence-corrected chi connectivity index (χ3v) is 5.17. The second kappa shape index (κ2) is 9.62. The number of hydrogen-bond donors (Lipinski definition) is 2. The highest BCUT2D eigenvalue weighted by atomic mass is 19.4. The molecule has 0 aliphatic rings. The molecule has 7 heteroatoms. The van der Waals surface area contributed by atoms with E-state index < -0.39 is 23.3 Å². The van der Waals surface area contributed by atoms with Crippen molar-refractivity contribution in [3.05, 3.63) is 70.8 Å². The Morgan fingerprint density at radius 2 is 1.73 bits per heavy atom. The van der Waals surface area contributed by atoms with Crippen molar-refractivity contribution in [1.29, 1.82) is 0 Å². The second-order valence-electron chi connectivity index (χ2n) is 7.97. The van der Waals surface area contributed by atoms with Gasteiger partial charge in [-0.1, -0.05) is 36.4 Å². The van der Waals surface area contributed by atoms with Crippen molar-refractivity contribution in [1.82, 2.24) is 5.32 Å². The maximum Gasteiger partial charge on any atom is 0.416 e. The Bertz CT molecular complexity index is 848. The summed E-state index contributed by atoms with van der Waals surface area (Å²) in [6.45, 7) is 5.67. The Morgan fingerprint density at radius 1 is 1.10 bits per heavy atom. The van der Waals surface area contributed by atoms with E-state index in [-0.39, 0.29) is 24.1 Å². The Hall–Kier alpha value is -2.38. The lowest BCUT2D eigenvalue weighted by atomic mass is 9.84. The number of carbonyl (C=O) groups is 1. The molecular weight excluding hydrogens is 395 g/mol. The number of nitrogens with one attached hydrogen (secondary N) is 1. The molecule has 2 aromatic carbocycles. The zero-order chi connectivity index (χ0) is 22.5. The molecule has 0 bridgehead atoms. The summed E-state index contributed by atoms with van der Waals surface area (Å²) in [4.78, 5) is 11.9. The summed E-state index contributed by atoms with van der Waals surface area (Å²) in [6.07, 6.45) is -4.82. The molecule has 0 aliphatic carbocycles. The first kappa shape index (κ1) is 23.9. The van der Waals surface area contributed by atoms with Crippen molar-refractivity contribution in [3.63, 3.8) is 0 Å². The molecule has 30 heavy (non-hydrogen) atoms. The number of halogens is 3. The number of alkyl halides is 3. The molecule has 2 rings (SSSR count). The largest absolute Gasteiger partial charge is 0.468 e. The first-order valence-corrected chi connectivity index (χ1v) is 9.71. The van der Waals surface area contributed by atoms with Gasteiger partial charge in [0.15, 0.2) is 0 Å². The third kappa shape index (κ3) is 6.06. The fraction of sp³-hybridized carbons (Fsp3) is 0.435. The van der Waals surface area contributed by atoms with E-state index in [2.05, 4.69) is 5.32 Å². The normalized spacial score (nSPS) is 14.3. The molecule has 2 atom stereocenters. The molecule has 0 aromatic heterocycles. The monoisotopic (exact) mass is 423 g/mol. The van der Waals surface area contributed by atoms with Crippen LogP contribution in [0, 0.1) is 0 Å².